The van der Waals surface area contributed by atoms with Gasteiger partial charge in [-0.3, -0.25) is 0 Å². The molecule has 0 fully saturated rings. The standard InChI is InChI=1S/C9H10Cl/c1-7(2)8-5-3-4-6-9(8)10/h3-6H,1-2H3/q-1. The molecule has 0 saturated carbocycles. The summed E-state index contributed by atoms with van der Waals surface area (Å²) in [5.74, 6) is 1.26. The van der Waals surface area contributed by atoms with Crippen molar-refractivity contribution >= 4 is 11.6 Å². The molecule has 0 bridgehead atoms. The lowest BCUT2D eigenvalue weighted by Gasteiger charge is -2.16. The summed E-state index contributed by atoms with van der Waals surface area (Å²) < 4.78 is 0. The largest absolute Gasteiger partial charge is 0.174 e. The Labute approximate surface area is 66.8 Å². The summed E-state index contributed by atoms with van der Waals surface area (Å²) >= 11 is 5.90. The molecule has 0 aliphatic rings. The van der Waals surface area contributed by atoms with E-state index in [9.17, 15) is 0 Å². The van der Waals surface area contributed by atoms with Crippen LogP contribution in [-0.4, -0.2) is 0 Å². The van der Waals surface area contributed by atoms with Crippen LogP contribution in [-0.2, 0) is 0 Å². The molecule has 1 aromatic rings. The van der Waals surface area contributed by atoms with Gasteiger partial charge < -0.3 is 0 Å². The number of hydrogen-bond donors (Lipinski definition) is 0. The molecule has 0 spiro atoms. The molecule has 0 atom stereocenters. The molecule has 0 amide bonds. The Morgan fingerprint density at radius 2 is 1.80 bits per heavy atom. The van der Waals surface area contributed by atoms with Gasteiger partial charge in [-0.05, 0) is 0 Å². The minimum atomic E-state index is 0.836. The van der Waals surface area contributed by atoms with E-state index in [2.05, 4.69) is 13.8 Å². The summed E-state index contributed by atoms with van der Waals surface area (Å²) in [5, 5.41) is 0.836. The van der Waals surface area contributed by atoms with Gasteiger partial charge >= 0.3 is 0 Å². The second-order valence-electron chi connectivity index (χ2n) is 2.48. The van der Waals surface area contributed by atoms with E-state index < -0.39 is 0 Å². The first-order chi connectivity index (χ1) is 4.72. The number of halogens is 1. The zero-order chi connectivity index (χ0) is 7.56. The molecule has 1 rings (SSSR count). The van der Waals surface area contributed by atoms with Crippen molar-refractivity contribution in [3.63, 3.8) is 0 Å². The normalized spacial score (nSPS) is 9.50. The SMILES string of the molecule is C[C-](C)c1ccccc1Cl. The van der Waals surface area contributed by atoms with E-state index in [-0.39, 0.29) is 0 Å². The van der Waals surface area contributed by atoms with Gasteiger partial charge in [-0.15, -0.1) is 12.1 Å². The number of benzene rings is 1. The third-order valence-corrected chi connectivity index (χ3v) is 1.74. The van der Waals surface area contributed by atoms with Gasteiger partial charge in [0, 0.05) is 0 Å². The summed E-state index contributed by atoms with van der Waals surface area (Å²) in [7, 11) is 0. The zero-order valence-corrected chi connectivity index (χ0v) is 6.94. The van der Waals surface area contributed by atoms with E-state index in [4.69, 9.17) is 11.6 Å². The van der Waals surface area contributed by atoms with Gasteiger partial charge in [0.15, 0.2) is 0 Å². The van der Waals surface area contributed by atoms with E-state index in [0.29, 0.717) is 0 Å². The third-order valence-electron chi connectivity index (χ3n) is 1.41. The second-order valence-corrected chi connectivity index (χ2v) is 2.89. The van der Waals surface area contributed by atoms with Gasteiger partial charge in [0.05, 0.1) is 0 Å². The van der Waals surface area contributed by atoms with Crippen molar-refractivity contribution in [1.29, 1.82) is 0 Å². The summed E-state index contributed by atoms with van der Waals surface area (Å²) in [6, 6.07) is 7.87. The van der Waals surface area contributed by atoms with E-state index in [1.54, 1.807) is 0 Å². The van der Waals surface area contributed by atoms with E-state index in [1.165, 1.54) is 5.92 Å². The van der Waals surface area contributed by atoms with E-state index in [0.717, 1.165) is 10.6 Å². The highest BCUT2D eigenvalue weighted by Crippen LogP contribution is 2.21. The Bertz CT molecular complexity index is 216. The third kappa shape index (κ3) is 1.45. The predicted octanol–water partition coefficient (Wildman–Crippen LogP) is 3.30. The Hall–Kier alpha value is -0.620. The fourth-order valence-corrected chi connectivity index (χ4v) is 1.19. The Balaban J connectivity index is 3.03. The van der Waals surface area contributed by atoms with Crippen molar-refractivity contribution in [3.05, 3.63) is 40.8 Å². The van der Waals surface area contributed by atoms with Crippen molar-refractivity contribution in [2.24, 2.45) is 0 Å². The Morgan fingerprint density at radius 1 is 1.20 bits per heavy atom. The van der Waals surface area contributed by atoms with Gasteiger partial charge in [0.25, 0.3) is 0 Å². The van der Waals surface area contributed by atoms with Crippen LogP contribution >= 0.6 is 11.6 Å². The van der Waals surface area contributed by atoms with Crippen LogP contribution in [0.15, 0.2) is 24.3 Å². The lowest BCUT2D eigenvalue weighted by molar-refractivity contribution is 1.15. The summed E-state index contributed by atoms with van der Waals surface area (Å²) in [4.78, 5) is 0. The molecule has 1 heteroatoms. The average Bonchev–Trinajstić information content (AvgIpc) is 1.88. The summed E-state index contributed by atoms with van der Waals surface area (Å²) in [5.41, 5.74) is 1.14. The second kappa shape index (κ2) is 2.98. The van der Waals surface area contributed by atoms with Crippen molar-refractivity contribution in [2.75, 3.05) is 0 Å². The van der Waals surface area contributed by atoms with Gasteiger partial charge in [-0.25, -0.2) is 0 Å². The maximum atomic E-state index is 5.90. The van der Waals surface area contributed by atoms with E-state index in [1.807, 2.05) is 24.3 Å². The molecule has 0 nitrogen and oxygen atoms in total. The highest BCUT2D eigenvalue weighted by molar-refractivity contribution is 6.31. The van der Waals surface area contributed by atoms with Crippen molar-refractivity contribution < 1.29 is 0 Å². The van der Waals surface area contributed by atoms with Crippen molar-refractivity contribution in [1.82, 2.24) is 0 Å². The van der Waals surface area contributed by atoms with E-state index >= 15 is 0 Å². The smallest absolute Gasteiger partial charge is 0.0626 e. The first-order valence-corrected chi connectivity index (χ1v) is 3.64. The van der Waals surface area contributed by atoms with Gasteiger partial charge in [-0.2, -0.15) is 29.1 Å². The number of hydrogen-bond acceptors (Lipinski definition) is 0. The molecule has 0 radical (unpaired) electrons. The zero-order valence-electron chi connectivity index (χ0n) is 6.19. The lowest BCUT2D eigenvalue weighted by Crippen LogP contribution is -1.87. The topological polar surface area (TPSA) is 0 Å². The highest BCUT2D eigenvalue weighted by Gasteiger charge is 1.90. The average molecular weight is 154 g/mol. The van der Waals surface area contributed by atoms with Crippen LogP contribution in [0.2, 0.25) is 5.02 Å². The molecule has 0 N–H and O–H groups in total. The molecule has 0 aliphatic carbocycles. The lowest BCUT2D eigenvalue weighted by atomic mass is 10.0. The van der Waals surface area contributed by atoms with Crippen LogP contribution in [0.3, 0.4) is 0 Å². The first-order valence-electron chi connectivity index (χ1n) is 3.27. The van der Waals surface area contributed by atoms with Gasteiger partial charge in [0.2, 0.25) is 0 Å². The summed E-state index contributed by atoms with van der Waals surface area (Å²) in [6.45, 7) is 4.11. The number of rotatable bonds is 1. The van der Waals surface area contributed by atoms with Crippen LogP contribution < -0.4 is 0 Å². The monoisotopic (exact) mass is 153 g/mol. The quantitative estimate of drug-likeness (QED) is 0.543. The summed E-state index contributed by atoms with van der Waals surface area (Å²) in [6.07, 6.45) is 0. The maximum Gasteiger partial charge on any atom is -0.0626 e. The fourth-order valence-electron chi connectivity index (χ4n) is 0.867. The molecular weight excluding hydrogens is 144 g/mol. The fraction of sp³-hybridized carbons (Fsp3) is 0.222. The van der Waals surface area contributed by atoms with Crippen LogP contribution in [0.5, 0.6) is 0 Å². The Kier molecular flexibility index (Phi) is 2.23. The first kappa shape index (κ1) is 7.49. The molecule has 0 saturated heterocycles. The van der Waals surface area contributed by atoms with Gasteiger partial charge in [-0.1, -0.05) is 24.9 Å². The molecule has 0 aliphatic heterocycles. The maximum absolute atomic E-state index is 5.90. The van der Waals surface area contributed by atoms with Crippen LogP contribution in [0, 0.1) is 5.92 Å². The molecule has 0 unspecified atom stereocenters. The minimum Gasteiger partial charge on any atom is -0.174 e. The molecule has 10 heavy (non-hydrogen) atoms. The van der Waals surface area contributed by atoms with Crippen LogP contribution in [0.1, 0.15) is 19.4 Å². The van der Waals surface area contributed by atoms with Crippen molar-refractivity contribution in [3.8, 4) is 0 Å². The Morgan fingerprint density at radius 3 is 2.20 bits per heavy atom. The molecule has 0 heterocycles. The van der Waals surface area contributed by atoms with Crippen molar-refractivity contribution in [2.45, 2.75) is 13.8 Å². The predicted molar refractivity (Wildman–Crippen MR) is 45.1 cm³/mol. The molecule has 0 aromatic heterocycles. The van der Waals surface area contributed by atoms with Crippen LogP contribution in [0.25, 0.3) is 0 Å². The minimum absolute atomic E-state index is 0.836. The molecule has 54 valence electrons. The molecular formula is C9H10Cl-. The van der Waals surface area contributed by atoms with Crippen LogP contribution in [0.4, 0.5) is 0 Å². The van der Waals surface area contributed by atoms with Gasteiger partial charge in [0.1, 0.15) is 0 Å². The molecule has 1 aromatic carbocycles. The highest BCUT2D eigenvalue weighted by atomic mass is 35.5.